The van der Waals surface area contributed by atoms with Crippen LogP contribution in [0.4, 0.5) is 0 Å². The number of hydrogen-bond donors (Lipinski definition) is 1. The van der Waals surface area contributed by atoms with E-state index in [0.717, 1.165) is 31.0 Å². The Balaban J connectivity index is 2.10. The Kier molecular flexibility index (Phi) is 5.68. The molecule has 1 heterocycles. The Morgan fingerprint density at radius 3 is 2.70 bits per heavy atom. The molecule has 0 amide bonds. The highest BCUT2D eigenvalue weighted by Gasteiger charge is 2.14. The van der Waals surface area contributed by atoms with E-state index in [1.165, 1.54) is 12.8 Å². The molecule has 0 fully saturated rings. The Bertz CT molecular complexity index is 494. The van der Waals surface area contributed by atoms with Crippen LogP contribution in [0.1, 0.15) is 32.5 Å². The minimum absolute atomic E-state index is 0.577. The van der Waals surface area contributed by atoms with Crippen LogP contribution in [0.5, 0.6) is 0 Å². The summed E-state index contributed by atoms with van der Waals surface area (Å²) in [4.78, 5) is 0. The Hall–Kier alpha value is -1.75. The van der Waals surface area contributed by atoms with Gasteiger partial charge in [-0.05, 0) is 48.0 Å². The highest BCUT2D eigenvalue weighted by Crippen LogP contribution is 2.14. The molecule has 20 heavy (non-hydrogen) atoms. The van der Waals surface area contributed by atoms with Gasteiger partial charge in [0.25, 0.3) is 0 Å². The molecule has 0 bridgehead atoms. The van der Waals surface area contributed by atoms with Crippen molar-refractivity contribution >= 4 is 0 Å². The third-order valence-corrected chi connectivity index (χ3v) is 3.39. The van der Waals surface area contributed by atoms with Crippen molar-refractivity contribution in [3.05, 3.63) is 36.2 Å². The van der Waals surface area contributed by atoms with Gasteiger partial charge in [-0.3, -0.25) is 0 Å². The predicted molar refractivity (Wildman–Crippen MR) is 79.8 cm³/mol. The molecule has 1 aromatic carbocycles. The molecule has 1 unspecified atom stereocenters. The van der Waals surface area contributed by atoms with Gasteiger partial charge in [0.05, 0.1) is 5.69 Å². The first-order valence-electron chi connectivity index (χ1n) is 7.38. The first kappa shape index (κ1) is 14.7. The maximum absolute atomic E-state index is 4.20. The van der Waals surface area contributed by atoms with Gasteiger partial charge < -0.3 is 5.32 Å². The number of hydrogen-bond acceptors (Lipinski definition) is 4. The zero-order valence-corrected chi connectivity index (χ0v) is 12.3. The van der Waals surface area contributed by atoms with Crippen molar-refractivity contribution < 1.29 is 0 Å². The van der Waals surface area contributed by atoms with E-state index in [-0.39, 0.29) is 0 Å². The monoisotopic (exact) mass is 273 g/mol. The van der Waals surface area contributed by atoms with Crippen LogP contribution in [-0.4, -0.2) is 33.3 Å². The minimum atomic E-state index is 0.577. The standard InChI is InChI=1S/C15H23N5/c1-3-8-13(12-16-4-2)11-15-17-18-19-20(15)14-9-6-5-7-10-14/h5-7,9-10,13,16H,3-4,8,11-12H2,1-2H3. The summed E-state index contributed by atoms with van der Waals surface area (Å²) in [6, 6.07) is 10.1. The first-order valence-corrected chi connectivity index (χ1v) is 7.38. The molecule has 1 atom stereocenters. The normalized spacial score (nSPS) is 12.5. The van der Waals surface area contributed by atoms with Gasteiger partial charge in [0.15, 0.2) is 5.82 Å². The topological polar surface area (TPSA) is 55.6 Å². The van der Waals surface area contributed by atoms with E-state index >= 15 is 0 Å². The fourth-order valence-electron chi connectivity index (χ4n) is 2.39. The van der Waals surface area contributed by atoms with Crippen molar-refractivity contribution in [1.29, 1.82) is 0 Å². The lowest BCUT2D eigenvalue weighted by Crippen LogP contribution is -2.25. The lowest BCUT2D eigenvalue weighted by atomic mass is 9.99. The Labute approximate surface area is 120 Å². The number of rotatable bonds is 8. The SMILES string of the molecule is CCCC(CNCC)Cc1nnnn1-c1ccccc1. The van der Waals surface area contributed by atoms with Gasteiger partial charge in [-0.2, -0.15) is 4.68 Å². The third kappa shape index (κ3) is 3.87. The summed E-state index contributed by atoms with van der Waals surface area (Å²) >= 11 is 0. The van der Waals surface area contributed by atoms with E-state index in [9.17, 15) is 0 Å². The minimum Gasteiger partial charge on any atom is -0.317 e. The number of tetrazole rings is 1. The first-order chi connectivity index (χ1) is 9.85. The second-order valence-corrected chi connectivity index (χ2v) is 5.01. The van der Waals surface area contributed by atoms with Crippen molar-refractivity contribution in [1.82, 2.24) is 25.5 Å². The number of aromatic nitrogens is 4. The average Bonchev–Trinajstić information content (AvgIpc) is 2.94. The molecule has 0 saturated heterocycles. The number of para-hydroxylation sites is 1. The van der Waals surface area contributed by atoms with Gasteiger partial charge in [0.2, 0.25) is 0 Å². The largest absolute Gasteiger partial charge is 0.317 e. The fourth-order valence-corrected chi connectivity index (χ4v) is 2.39. The molecule has 108 valence electrons. The molecule has 0 radical (unpaired) electrons. The Morgan fingerprint density at radius 2 is 2.00 bits per heavy atom. The van der Waals surface area contributed by atoms with Gasteiger partial charge in [-0.1, -0.05) is 38.5 Å². The molecule has 1 N–H and O–H groups in total. The highest BCUT2D eigenvalue weighted by molar-refractivity contribution is 5.30. The van der Waals surface area contributed by atoms with Crippen molar-refractivity contribution in [2.24, 2.45) is 5.92 Å². The lowest BCUT2D eigenvalue weighted by molar-refractivity contribution is 0.432. The molecule has 5 nitrogen and oxygen atoms in total. The van der Waals surface area contributed by atoms with Crippen LogP contribution in [0, 0.1) is 5.92 Å². The van der Waals surface area contributed by atoms with Gasteiger partial charge in [-0.25, -0.2) is 0 Å². The smallest absolute Gasteiger partial charge is 0.157 e. The number of benzene rings is 1. The summed E-state index contributed by atoms with van der Waals surface area (Å²) in [7, 11) is 0. The summed E-state index contributed by atoms with van der Waals surface area (Å²) in [6.07, 6.45) is 3.28. The average molecular weight is 273 g/mol. The molecule has 5 heteroatoms. The zero-order chi connectivity index (χ0) is 14.2. The Morgan fingerprint density at radius 1 is 1.20 bits per heavy atom. The van der Waals surface area contributed by atoms with Crippen LogP contribution in [0.2, 0.25) is 0 Å². The summed E-state index contributed by atoms with van der Waals surface area (Å²) in [6.45, 7) is 6.38. The third-order valence-electron chi connectivity index (χ3n) is 3.39. The second-order valence-electron chi connectivity index (χ2n) is 5.01. The second kappa shape index (κ2) is 7.75. The molecular formula is C15H23N5. The summed E-state index contributed by atoms with van der Waals surface area (Å²) < 4.78 is 1.84. The van der Waals surface area contributed by atoms with E-state index in [1.807, 2.05) is 35.0 Å². The van der Waals surface area contributed by atoms with Crippen LogP contribution < -0.4 is 5.32 Å². The van der Waals surface area contributed by atoms with Gasteiger partial charge >= 0.3 is 0 Å². The molecule has 0 aliphatic rings. The molecule has 0 aliphatic heterocycles. The molecule has 0 spiro atoms. The zero-order valence-electron chi connectivity index (χ0n) is 12.3. The van der Waals surface area contributed by atoms with E-state index in [1.54, 1.807) is 0 Å². The van der Waals surface area contributed by atoms with Crippen molar-refractivity contribution in [3.8, 4) is 5.69 Å². The maximum atomic E-state index is 4.20. The van der Waals surface area contributed by atoms with Crippen molar-refractivity contribution in [3.63, 3.8) is 0 Å². The maximum Gasteiger partial charge on any atom is 0.157 e. The van der Waals surface area contributed by atoms with Crippen LogP contribution in [0.15, 0.2) is 30.3 Å². The molecular weight excluding hydrogens is 250 g/mol. The van der Waals surface area contributed by atoms with Gasteiger partial charge in [0.1, 0.15) is 0 Å². The van der Waals surface area contributed by atoms with Gasteiger partial charge in [0, 0.05) is 6.42 Å². The van der Waals surface area contributed by atoms with Crippen LogP contribution in [-0.2, 0) is 6.42 Å². The molecule has 0 aliphatic carbocycles. The van der Waals surface area contributed by atoms with E-state index < -0.39 is 0 Å². The molecule has 0 saturated carbocycles. The fraction of sp³-hybridized carbons (Fsp3) is 0.533. The quantitative estimate of drug-likeness (QED) is 0.801. The summed E-state index contributed by atoms with van der Waals surface area (Å²) in [5, 5.41) is 15.6. The molecule has 1 aromatic heterocycles. The predicted octanol–water partition coefficient (Wildman–Crippen LogP) is 2.23. The van der Waals surface area contributed by atoms with E-state index in [2.05, 4.69) is 34.7 Å². The van der Waals surface area contributed by atoms with Crippen LogP contribution >= 0.6 is 0 Å². The number of nitrogens with one attached hydrogen (secondary N) is 1. The number of nitrogens with zero attached hydrogens (tertiary/aromatic N) is 4. The van der Waals surface area contributed by atoms with E-state index in [0.29, 0.717) is 5.92 Å². The lowest BCUT2D eigenvalue weighted by Gasteiger charge is -2.15. The van der Waals surface area contributed by atoms with Crippen molar-refractivity contribution in [2.75, 3.05) is 13.1 Å². The van der Waals surface area contributed by atoms with Crippen LogP contribution in [0.3, 0.4) is 0 Å². The van der Waals surface area contributed by atoms with Crippen molar-refractivity contribution in [2.45, 2.75) is 33.1 Å². The summed E-state index contributed by atoms with van der Waals surface area (Å²) in [5.41, 5.74) is 1.02. The van der Waals surface area contributed by atoms with Crippen LogP contribution in [0.25, 0.3) is 5.69 Å². The molecule has 2 aromatic rings. The highest BCUT2D eigenvalue weighted by atomic mass is 15.5. The van der Waals surface area contributed by atoms with Gasteiger partial charge in [-0.15, -0.1) is 5.10 Å². The molecule has 2 rings (SSSR count). The summed E-state index contributed by atoms with van der Waals surface area (Å²) in [5.74, 6) is 1.51. The van der Waals surface area contributed by atoms with E-state index in [4.69, 9.17) is 0 Å².